The van der Waals surface area contributed by atoms with Crippen molar-refractivity contribution in [3.05, 3.63) is 107 Å². The van der Waals surface area contributed by atoms with Crippen LogP contribution in [0.5, 0.6) is 0 Å². The Hall–Kier alpha value is -4.85. The minimum atomic E-state index is -0.256. The van der Waals surface area contributed by atoms with Crippen LogP contribution in [0.2, 0.25) is 0 Å². The van der Waals surface area contributed by atoms with E-state index in [1.165, 1.54) is 48.7 Å². The molecule has 0 aliphatic heterocycles. The maximum atomic E-state index is 13.2. The molecule has 0 spiro atoms. The second kappa shape index (κ2) is 14.8. The number of nitrogens with one attached hydrogen (secondary N) is 3. The van der Waals surface area contributed by atoms with E-state index >= 15 is 0 Å². The third-order valence-corrected chi connectivity index (χ3v) is 8.30. The number of amides is 2. The van der Waals surface area contributed by atoms with Crippen molar-refractivity contribution >= 4 is 72.1 Å². The predicted octanol–water partition coefficient (Wildman–Crippen LogP) is 8.64. The van der Waals surface area contributed by atoms with Gasteiger partial charge in [0.25, 0.3) is 0 Å². The molecule has 6 rings (SSSR count). The SMILES string of the molecule is CC(=O)Nc1nnc(-c2ccc(Br)cc2)s1.CC(=O)Nc1nnc(-c2ccc(Nc3ccccc3-c3ccc(F)cc3)cc2)s1. The summed E-state index contributed by atoms with van der Waals surface area (Å²) in [5, 5.41) is 27.1. The lowest BCUT2D eigenvalue weighted by Gasteiger charge is -2.12. The first-order valence-electron chi connectivity index (χ1n) is 13.4. The van der Waals surface area contributed by atoms with E-state index < -0.39 is 0 Å². The molecule has 4 aromatic carbocycles. The zero-order chi connectivity index (χ0) is 31.8. The van der Waals surface area contributed by atoms with E-state index in [2.05, 4.69) is 52.3 Å². The number of aromatic nitrogens is 4. The molecule has 9 nitrogen and oxygen atoms in total. The van der Waals surface area contributed by atoms with E-state index in [1.807, 2.05) is 72.8 Å². The molecule has 0 fully saturated rings. The minimum Gasteiger partial charge on any atom is -0.355 e. The first-order valence-corrected chi connectivity index (χ1v) is 15.9. The second-order valence-electron chi connectivity index (χ2n) is 9.45. The average Bonchev–Trinajstić information content (AvgIpc) is 3.68. The highest BCUT2D eigenvalue weighted by Crippen LogP contribution is 2.32. The highest BCUT2D eigenvalue weighted by atomic mass is 79.9. The van der Waals surface area contributed by atoms with Gasteiger partial charge in [0.05, 0.1) is 0 Å². The molecular formula is C32H25BrFN7O2S2. The quantitative estimate of drug-likeness (QED) is 0.152. The van der Waals surface area contributed by atoms with Gasteiger partial charge < -0.3 is 16.0 Å². The normalized spacial score (nSPS) is 10.4. The molecule has 0 saturated carbocycles. The van der Waals surface area contributed by atoms with Gasteiger partial charge in [-0.3, -0.25) is 9.59 Å². The number of para-hydroxylation sites is 1. The zero-order valence-corrected chi connectivity index (χ0v) is 27.1. The number of hydrogen-bond acceptors (Lipinski definition) is 9. The number of carbonyl (C=O) groups is 2. The number of halogens is 2. The van der Waals surface area contributed by atoms with Crippen molar-refractivity contribution in [2.45, 2.75) is 13.8 Å². The maximum absolute atomic E-state index is 13.2. The van der Waals surface area contributed by atoms with Gasteiger partial charge >= 0.3 is 0 Å². The van der Waals surface area contributed by atoms with Crippen LogP contribution in [0.3, 0.4) is 0 Å². The fourth-order valence-corrected chi connectivity index (χ4v) is 5.85. The molecule has 0 aliphatic rings. The molecular weight excluding hydrogens is 677 g/mol. The van der Waals surface area contributed by atoms with Crippen LogP contribution in [0.4, 0.5) is 26.0 Å². The van der Waals surface area contributed by atoms with Gasteiger partial charge in [0.1, 0.15) is 15.8 Å². The summed E-state index contributed by atoms with van der Waals surface area (Å²) in [4.78, 5) is 21.9. The van der Waals surface area contributed by atoms with Crippen LogP contribution >= 0.6 is 38.6 Å². The largest absolute Gasteiger partial charge is 0.355 e. The first kappa shape index (κ1) is 31.6. The van der Waals surface area contributed by atoms with E-state index in [-0.39, 0.29) is 17.6 Å². The summed E-state index contributed by atoms with van der Waals surface area (Å²) in [5.41, 5.74) is 5.66. The average molecular weight is 703 g/mol. The second-order valence-corrected chi connectivity index (χ2v) is 12.3. The Bertz CT molecular complexity index is 1910. The highest BCUT2D eigenvalue weighted by molar-refractivity contribution is 9.10. The molecule has 0 unspecified atom stereocenters. The highest BCUT2D eigenvalue weighted by Gasteiger charge is 2.10. The molecule has 6 aromatic rings. The van der Waals surface area contributed by atoms with Gasteiger partial charge in [0.15, 0.2) is 0 Å². The zero-order valence-electron chi connectivity index (χ0n) is 23.9. The predicted molar refractivity (Wildman–Crippen MR) is 182 cm³/mol. The third-order valence-electron chi connectivity index (χ3n) is 6.00. The molecule has 2 aromatic heterocycles. The van der Waals surface area contributed by atoms with Crippen LogP contribution < -0.4 is 16.0 Å². The summed E-state index contributed by atoms with van der Waals surface area (Å²) in [7, 11) is 0. The van der Waals surface area contributed by atoms with Crippen LogP contribution in [0.1, 0.15) is 13.8 Å². The van der Waals surface area contributed by atoms with Crippen LogP contribution in [0.25, 0.3) is 32.3 Å². The fourth-order valence-electron chi connectivity index (χ4n) is 4.00. The molecule has 45 heavy (non-hydrogen) atoms. The Morgan fingerprint density at radius 2 is 1.13 bits per heavy atom. The summed E-state index contributed by atoms with van der Waals surface area (Å²) in [6, 6.07) is 29.9. The van der Waals surface area contributed by atoms with Crippen molar-refractivity contribution in [2.24, 2.45) is 0 Å². The van der Waals surface area contributed by atoms with Crippen molar-refractivity contribution in [1.82, 2.24) is 20.4 Å². The Morgan fingerprint density at radius 3 is 1.67 bits per heavy atom. The molecule has 0 saturated heterocycles. The van der Waals surface area contributed by atoms with Crippen molar-refractivity contribution in [2.75, 3.05) is 16.0 Å². The molecule has 3 N–H and O–H groups in total. The molecule has 0 aliphatic carbocycles. The monoisotopic (exact) mass is 701 g/mol. The van der Waals surface area contributed by atoms with Gasteiger partial charge in [-0.2, -0.15) is 0 Å². The van der Waals surface area contributed by atoms with Gasteiger partial charge in [0.2, 0.25) is 22.1 Å². The summed E-state index contributed by atoms with van der Waals surface area (Å²) in [6.45, 7) is 2.88. The van der Waals surface area contributed by atoms with Crippen molar-refractivity contribution in [1.29, 1.82) is 0 Å². The third kappa shape index (κ3) is 8.85. The molecule has 0 radical (unpaired) electrons. The van der Waals surface area contributed by atoms with Gasteiger partial charge in [-0.15, -0.1) is 20.4 Å². The van der Waals surface area contributed by atoms with E-state index in [1.54, 1.807) is 12.1 Å². The summed E-state index contributed by atoms with van der Waals surface area (Å²) in [6.07, 6.45) is 0. The van der Waals surface area contributed by atoms with E-state index in [9.17, 15) is 14.0 Å². The number of carbonyl (C=O) groups excluding carboxylic acids is 2. The standard InChI is InChI=1S/C22H17FN4OS.C10H8BrN3OS/c1-14(28)24-22-27-26-21(29-22)16-8-12-18(13-9-16)25-20-5-3-2-4-19(20)15-6-10-17(23)11-7-15;1-6(15)12-10-14-13-9(16-10)7-2-4-8(11)5-3-7/h2-13,25H,1H3,(H,24,27,28);2-5H,1H3,(H,12,14,15). The van der Waals surface area contributed by atoms with E-state index in [0.717, 1.165) is 48.1 Å². The number of nitrogens with zero attached hydrogens (tertiary/aromatic N) is 4. The molecule has 0 bridgehead atoms. The molecule has 0 atom stereocenters. The van der Waals surface area contributed by atoms with Crippen LogP contribution in [0, 0.1) is 5.82 Å². The molecule has 226 valence electrons. The Kier molecular flexibility index (Phi) is 10.3. The van der Waals surface area contributed by atoms with Gasteiger partial charge in [-0.1, -0.05) is 81.1 Å². The topological polar surface area (TPSA) is 122 Å². The van der Waals surface area contributed by atoms with Gasteiger partial charge in [-0.25, -0.2) is 4.39 Å². The molecule has 2 heterocycles. The smallest absolute Gasteiger partial charge is 0.223 e. The number of benzene rings is 4. The summed E-state index contributed by atoms with van der Waals surface area (Å²) >= 11 is 6.04. The molecule has 2 amide bonds. The Balaban J connectivity index is 0.000000211. The van der Waals surface area contributed by atoms with E-state index in [0.29, 0.717) is 10.3 Å². The Labute approximate surface area is 274 Å². The van der Waals surface area contributed by atoms with Gasteiger partial charge in [-0.05, 0) is 60.2 Å². The maximum Gasteiger partial charge on any atom is 0.223 e. The van der Waals surface area contributed by atoms with Gasteiger partial charge in [0, 0.05) is 46.4 Å². The van der Waals surface area contributed by atoms with Crippen molar-refractivity contribution in [3.8, 4) is 32.3 Å². The lowest BCUT2D eigenvalue weighted by molar-refractivity contribution is -0.115. The van der Waals surface area contributed by atoms with Crippen molar-refractivity contribution in [3.63, 3.8) is 0 Å². The number of anilines is 4. The first-order chi connectivity index (χ1) is 21.7. The minimum absolute atomic E-state index is 0.140. The summed E-state index contributed by atoms with van der Waals surface area (Å²) < 4.78 is 14.3. The van der Waals surface area contributed by atoms with E-state index in [4.69, 9.17) is 0 Å². The number of rotatable bonds is 7. The van der Waals surface area contributed by atoms with Crippen LogP contribution in [0.15, 0.2) is 102 Å². The van der Waals surface area contributed by atoms with Crippen LogP contribution in [-0.4, -0.2) is 32.2 Å². The lowest BCUT2D eigenvalue weighted by atomic mass is 10.0. The number of hydrogen-bond donors (Lipinski definition) is 3. The van der Waals surface area contributed by atoms with Crippen LogP contribution in [-0.2, 0) is 9.59 Å². The lowest BCUT2D eigenvalue weighted by Crippen LogP contribution is -2.04. The molecule has 13 heteroatoms. The fraction of sp³-hybridized carbons (Fsp3) is 0.0625. The summed E-state index contributed by atoms with van der Waals surface area (Å²) in [5.74, 6) is -0.571. The Morgan fingerprint density at radius 1 is 0.644 bits per heavy atom. The van der Waals surface area contributed by atoms with Crippen molar-refractivity contribution < 1.29 is 14.0 Å².